The van der Waals surface area contributed by atoms with Crippen LogP contribution in [0.15, 0.2) is 0 Å². The zero-order chi connectivity index (χ0) is 22.3. The van der Waals surface area contributed by atoms with Crippen LogP contribution in [0.25, 0.3) is 0 Å². The average Bonchev–Trinajstić information content (AvgIpc) is 2.74. The summed E-state index contributed by atoms with van der Waals surface area (Å²) in [5.41, 5.74) is 0. The molecule has 30 heavy (non-hydrogen) atoms. The second-order valence-corrected chi connectivity index (χ2v) is 8.60. The number of urea groups is 2. The van der Waals surface area contributed by atoms with E-state index in [1.54, 1.807) is 0 Å². The van der Waals surface area contributed by atoms with Crippen LogP contribution in [0.2, 0.25) is 0 Å². The first-order valence-electron chi connectivity index (χ1n) is 12.6. The van der Waals surface area contributed by atoms with Crippen molar-refractivity contribution >= 4 is 12.1 Å². The topological polar surface area (TPSA) is 82.3 Å². The van der Waals surface area contributed by atoms with Crippen molar-refractivity contribution in [3.63, 3.8) is 0 Å². The molecule has 0 rings (SSSR count). The Bertz CT molecular complexity index is 405. The van der Waals surface area contributed by atoms with Crippen LogP contribution < -0.4 is 21.3 Å². The predicted octanol–water partition coefficient (Wildman–Crippen LogP) is 5.72. The smallest absolute Gasteiger partial charge is 0.314 e. The standard InChI is InChI=1S/C24H50N4O2/c1-4-6-8-10-12-14-18-25-23(29)27-20-16-17-22(3)21-28-24(30)26-19-15-13-11-9-7-5-2/h22H,4-21H2,1-3H3,(H2,25,27,29)(H2,26,28,30). The van der Waals surface area contributed by atoms with E-state index in [-0.39, 0.29) is 12.1 Å². The van der Waals surface area contributed by atoms with E-state index in [1.165, 1.54) is 64.2 Å². The molecular formula is C24H50N4O2. The van der Waals surface area contributed by atoms with Crippen molar-refractivity contribution in [2.75, 3.05) is 26.2 Å². The van der Waals surface area contributed by atoms with Crippen molar-refractivity contribution in [3.8, 4) is 0 Å². The monoisotopic (exact) mass is 426 g/mol. The van der Waals surface area contributed by atoms with Gasteiger partial charge in [-0.2, -0.15) is 0 Å². The third kappa shape index (κ3) is 21.3. The summed E-state index contributed by atoms with van der Waals surface area (Å²) in [6.07, 6.45) is 16.7. The molecule has 1 atom stereocenters. The summed E-state index contributed by atoms with van der Waals surface area (Å²) in [6, 6.07) is -0.133. The Labute approximate surface area is 186 Å². The maximum Gasteiger partial charge on any atom is 0.314 e. The highest BCUT2D eigenvalue weighted by atomic mass is 16.2. The number of carbonyl (C=O) groups is 2. The first-order chi connectivity index (χ1) is 14.6. The van der Waals surface area contributed by atoms with Gasteiger partial charge in [-0.3, -0.25) is 0 Å². The van der Waals surface area contributed by atoms with Gasteiger partial charge >= 0.3 is 12.1 Å². The molecule has 0 aromatic carbocycles. The zero-order valence-electron chi connectivity index (χ0n) is 20.1. The van der Waals surface area contributed by atoms with Crippen LogP contribution in [-0.2, 0) is 0 Å². The largest absolute Gasteiger partial charge is 0.338 e. The van der Waals surface area contributed by atoms with Gasteiger partial charge in [0.15, 0.2) is 0 Å². The van der Waals surface area contributed by atoms with Gasteiger partial charge < -0.3 is 21.3 Å². The van der Waals surface area contributed by atoms with E-state index >= 15 is 0 Å². The average molecular weight is 427 g/mol. The van der Waals surface area contributed by atoms with E-state index in [4.69, 9.17) is 0 Å². The molecule has 1 unspecified atom stereocenters. The number of amides is 4. The van der Waals surface area contributed by atoms with Crippen molar-refractivity contribution in [1.29, 1.82) is 0 Å². The van der Waals surface area contributed by atoms with Crippen LogP contribution in [0.4, 0.5) is 9.59 Å². The fourth-order valence-corrected chi connectivity index (χ4v) is 3.36. The maximum atomic E-state index is 11.8. The van der Waals surface area contributed by atoms with E-state index in [2.05, 4.69) is 42.0 Å². The SMILES string of the molecule is CCCCCCCCNC(=O)NCCCC(C)CNC(=O)NCCCCCCCC. The predicted molar refractivity (Wildman–Crippen MR) is 128 cm³/mol. The number of carbonyl (C=O) groups excluding carboxylic acids is 2. The quantitative estimate of drug-likeness (QED) is 0.188. The second-order valence-electron chi connectivity index (χ2n) is 8.60. The molecule has 0 heterocycles. The van der Waals surface area contributed by atoms with E-state index in [9.17, 15) is 9.59 Å². The summed E-state index contributed by atoms with van der Waals surface area (Å²) < 4.78 is 0. The Balaban J connectivity index is 3.44. The Morgan fingerprint density at radius 2 is 0.967 bits per heavy atom. The highest BCUT2D eigenvalue weighted by molar-refractivity contribution is 5.74. The number of unbranched alkanes of at least 4 members (excludes halogenated alkanes) is 10. The number of nitrogens with one attached hydrogen (secondary N) is 4. The molecule has 0 bridgehead atoms. The molecule has 0 aliphatic heterocycles. The summed E-state index contributed by atoms with van der Waals surface area (Å²) in [5, 5.41) is 11.7. The molecule has 0 aliphatic rings. The van der Waals surface area contributed by atoms with Gasteiger partial charge in [0.05, 0.1) is 0 Å². The Morgan fingerprint density at radius 1 is 0.567 bits per heavy atom. The van der Waals surface area contributed by atoms with Gasteiger partial charge in [0, 0.05) is 26.2 Å². The minimum atomic E-state index is -0.0670. The highest BCUT2D eigenvalue weighted by Crippen LogP contribution is 2.05. The minimum Gasteiger partial charge on any atom is -0.338 e. The van der Waals surface area contributed by atoms with Gasteiger partial charge in [0.1, 0.15) is 0 Å². The fourth-order valence-electron chi connectivity index (χ4n) is 3.36. The Hall–Kier alpha value is -1.46. The fraction of sp³-hybridized carbons (Fsp3) is 0.917. The zero-order valence-corrected chi connectivity index (χ0v) is 20.1. The van der Waals surface area contributed by atoms with Gasteiger partial charge in [0.25, 0.3) is 0 Å². The third-order valence-electron chi connectivity index (χ3n) is 5.40. The lowest BCUT2D eigenvalue weighted by molar-refractivity contribution is 0.238. The first kappa shape index (κ1) is 28.5. The molecule has 0 radical (unpaired) electrons. The summed E-state index contributed by atoms with van der Waals surface area (Å²) in [6.45, 7) is 9.43. The molecule has 4 N–H and O–H groups in total. The third-order valence-corrected chi connectivity index (χ3v) is 5.40. The van der Waals surface area contributed by atoms with E-state index in [1.807, 2.05) is 0 Å². The summed E-state index contributed by atoms with van der Waals surface area (Å²) in [7, 11) is 0. The lowest BCUT2D eigenvalue weighted by atomic mass is 10.1. The lowest BCUT2D eigenvalue weighted by Gasteiger charge is -2.14. The van der Waals surface area contributed by atoms with Crippen molar-refractivity contribution in [3.05, 3.63) is 0 Å². The van der Waals surface area contributed by atoms with Gasteiger partial charge in [-0.15, -0.1) is 0 Å². The highest BCUT2D eigenvalue weighted by Gasteiger charge is 2.06. The van der Waals surface area contributed by atoms with Gasteiger partial charge in [-0.25, -0.2) is 9.59 Å². The molecule has 0 aromatic heterocycles. The molecule has 0 aromatic rings. The Kier molecular flexibility index (Phi) is 21.1. The number of rotatable bonds is 20. The van der Waals surface area contributed by atoms with E-state index in [0.29, 0.717) is 19.0 Å². The van der Waals surface area contributed by atoms with Crippen LogP contribution in [0, 0.1) is 5.92 Å². The van der Waals surface area contributed by atoms with E-state index in [0.717, 1.165) is 38.8 Å². The van der Waals surface area contributed by atoms with Gasteiger partial charge in [-0.1, -0.05) is 85.0 Å². The number of hydrogen-bond acceptors (Lipinski definition) is 2. The molecular weight excluding hydrogens is 376 g/mol. The van der Waals surface area contributed by atoms with E-state index < -0.39 is 0 Å². The van der Waals surface area contributed by atoms with Crippen LogP contribution in [0.1, 0.15) is 111 Å². The van der Waals surface area contributed by atoms with Crippen LogP contribution in [0.5, 0.6) is 0 Å². The van der Waals surface area contributed by atoms with Crippen molar-refractivity contribution in [2.24, 2.45) is 5.92 Å². The van der Waals surface area contributed by atoms with Gasteiger partial charge in [-0.05, 0) is 31.6 Å². The lowest BCUT2D eigenvalue weighted by Crippen LogP contribution is -2.38. The van der Waals surface area contributed by atoms with Crippen molar-refractivity contribution in [2.45, 2.75) is 111 Å². The molecule has 4 amide bonds. The summed E-state index contributed by atoms with van der Waals surface area (Å²) >= 11 is 0. The van der Waals surface area contributed by atoms with Crippen molar-refractivity contribution < 1.29 is 9.59 Å². The Morgan fingerprint density at radius 3 is 1.47 bits per heavy atom. The van der Waals surface area contributed by atoms with Crippen LogP contribution >= 0.6 is 0 Å². The molecule has 0 aliphatic carbocycles. The molecule has 0 saturated heterocycles. The van der Waals surface area contributed by atoms with Crippen LogP contribution in [0.3, 0.4) is 0 Å². The molecule has 6 heteroatoms. The summed E-state index contributed by atoms with van der Waals surface area (Å²) in [5.74, 6) is 0.401. The summed E-state index contributed by atoms with van der Waals surface area (Å²) in [4.78, 5) is 23.6. The second kappa shape index (κ2) is 22.2. The van der Waals surface area contributed by atoms with Crippen LogP contribution in [-0.4, -0.2) is 38.2 Å². The molecule has 0 fully saturated rings. The number of hydrogen-bond donors (Lipinski definition) is 4. The molecule has 178 valence electrons. The molecule has 0 spiro atoms. The molecule has 6 nitrogen and oxygen atoms in total. The van der Waals surface area contributed by atoms with Gasteiger partial charge in [0.2, 0.25) is 0 Å². The molecule has 0 saturated carbocycles. The minimum absolute atomic E-state index is 0.0663. The maximum absolute atomic E-state index is 11.8. The van der Waals surface area contributed by atoms with Crippen molar-refractivity contribution in [1.82, 2.24) is 21.3 Å². The first-order valence-corrected chi connectivity index (χ1v) is 12.6. The normalized spacial score (nSPS) is 11.7.